The van der Waals surface area contributed by atoms with Gasteiger partial charge in [0.1, 0.15) is 0 Å². The maximum absolute atomic E-state index is 13.0. The Morgan fingerprint density at radius 3 is 2.24 bits per heavy atom. The van der Waals surface area contributed by atoms with Gasteiger partial charge in [-0.3, -0.25) is 4.79 Å². The topological polar surface area (TPSA) is 69.4 Å². The minimum atomic E-state index is -0.482. The quantitative estimate of drug-likeness (QED) is 0.658. The van der Waals surface area contributed by atoms with Gasteiger partial charge in [0.2, 0.25) is 0 Å². The van der Waals surface area contributed by atoms with E-state index in [0.29, 0.717) is 16.2 Å². The molecule has 3 rings (SSSR count). The molecule has 1 aliphatic heterocycles. The molecule has 0 fully saturated rings. The molecule has 128 valence electrons. The Balaban J connectivity index is 2.02. The predicted octanol–water partition coefficient (Wildman–Crippen LogP) is 3.50. The SMILES string of the molecule is CCOC(=O)C1=C(N)S[C@@H](C(=O)c2ccccc2)[C@H]1c1ccccc1. The molecule has 0 saturated heterocycles. The summed E-state index contributed by atoms with van der Waals surface area (Å²) in [5.74, 6) is -0.913. The van der Waals surface area contributed by atoms with Gasteiger partial charge in [-0.15, -0.1) is 0 Å². The molecule has 0 bridgehead atoms. The van der Waals surface area contributed by atoms with E-state index >= 15 is 0 Å². The van der Waals surface area contributed by atoms with Crippen molar-refractivity contribution in [1.82, 2.24) is 0 Å². The number of ether oxygens (including phenoxy) is 1. The fourth-order valence-electron chi connectivity index (χ4n) is 2.98. The van der Waals surface area contributed by atoms with Gasteiger partial charge in [-0.25, -0.2) is 4.79 Å². The minimum absolute atomic E-state index is 0.0401. The number of hydrogen-bond donors (Lipinski definition) is 1. The van der Waals surface area contributed by atoms with Crippen molar-refractivity contribution in [1.29, 1.82) is 0 Å². The van der Waals surface area contributed by atoms with Crippen LogP contribution in [-0.4, -0.2) is 23.6 Å². The van der Waals surface area contributed by atoms with Gasteiger partial charge in [0, 0.05) is 11.5 Å². The molecule has 1 heterocycles. The zero-order chi connectivity index (χ0) is 17.8. The average Bonchev–Trinajstić information content (AvgIpc) is 3.00. The molecule has 2 aromatic rings. The first-order valence-electron chi connectivity index (χ1n) is 8.11. The lowest BCUT2D eigenvalue weighted by molar-refractivity contribution is -0.138. The first kappa shape index (κ1) is 17.3. The third-order valence-corrected chi connectivity index (χ3v) is 5.32. The molecule has 0 radical (unpaired) electrons. The number of benzene rings is 2. The van der Waals surface area contributed by atoms with Gasteiger partial charge in [0.05, 0.1) is 22.5 Å². The molecule has 5 heteroatoms. The summed E-state index contributed by atoms with van der Waals surface area (Å²) in [4.78, 5) is 25.5. The molecule has 0 amide bonds. The second-order valence-corrected chi connectivity index (χ2v) is 6.84. The molecule has 0 aromatic heterocycles. The van der Waals surface area contributed by atoms with Crippen LogP contribution in [0.5, 0.6) is 0 Å². The van der Waals surface area contributed by atoms with Crippen molar-refractivity contribution in [2.24, 2.45) is 5.73 Å². The molecule has 4 nitrogen and oxygen atoms in total. The van der Waals surface area contributed by atoms with Crippen molar-refractivity contribution in [3.05, 3.63) is 82.4 Å². The van der Waals surface area contributed by atoms with E-state index in [4.69, 9.17) is 10.5 Å². The number of rotatable bonds is 5. The summed E-state index contributed by atoms with van der Waals surface area (Å²) in [5.41, 5.74) is 8.01. The second kappa shape index (κ2) is 7.57. The maximum Gasteiger partial charge on any atom is 0.337 e. The maximum atomic E-state index is 13.0. The lowest BCUT2D eigenvalue weighted by Crippen LogP contribution is -2.26. The van der Waals surface area contributed by atoms with Gasteiger partial charge in [-0.2, -0.15) is 0 Å². The summed E-state index contributed by atoms with van der Waals surface area (Å²) in [7, 11) is 0. The van der Waals surface area contributed by atoms with Crippen LogP contribution in [-0.2, 0) is 9.53 Å². The van der Waals surface area contributed by atoms with Crippen LogP contribution >= 0.6 is 11.8 Å². The molecule has 0 unspecified atom stereocenters. The highest BCUT2D eigenvalue weighted by Crippen LogP contribution is 2.47. The monoisotopic (exact) mass is 353 g/mol. The van der Waals surface area contributed by atoms with E-state index < -0.39 is 17.1 Å². The lowest BCUT2D eigenvalue weighted by Gasteiger charge is -2.20. The molecule has 1 aliphatic rings. The van der Waals surface area contributed by atoms with Crippen LogP contribution in [0.1, 0.15) is 28.8 Å². The van der Waals surface area contributed by atoms with E-state index in [1.54, 1.807) is 19.1 Å². The van der Waals surface area contributed by atoms with E-state index in [0.717, 1.165) is 5.56 Å². The molecule has 0 aliphatic carbocycles. The van der Waals surface area contributed by atoms with Crippen LogP contribution in [0.4, 0.5) is 0 Å². The predicted molar refractivity (Wildman–Crippen MR) is 99.2 cm³/mol. The number of thioether (sulfide) groups is 1. The van der Waals surface area contributed by atoms with Crippen molar-refractivity contribution in [2.75, 3.05) is 6.61 Å². The largest absolute Gasteiger partial charge is 0.463 e. The number of nitrogens with two attached hydrogens (primary N) is 1. The summed E-state index contributed by atoms with van der Waals surface area (Å²) in [6.07, 6.45) is 0. The summed E-state index contributed by atoms with van der Waals surface area (Å²) < 4.78 is 5.18. The number of ketones is 1. The van der Waals surface area contributed by atoms with Crippen molar-refractivity contribution in [3.63, 3.8) is 0 Å². The van der Waals surface area contributed by atoms with Crippen molar-refractivity contribution in [3.8, 4) is 0 Å². The highest BCUT2D eigenvalue weighted by molar-refractivity contribution is 8.04. The van der Waals surface area contributed by atoms with Crippen molar-refractivity contribution in [2.45, 2.75) is 18.1 Å². The molecule has 2 atom stereocenters. The van der Waals surface area contributed by atoms with Gasteiger partial charge in [-0.05, 0) is 12.5 Å². The Morgan fingerprint density at radius 1 is 1.04 bits per heavy atom. The smallest absolute Gasteiger partial charge is 0.337 e. The summed E-state index contributed by atoms with van der Waals surface area (Å²) in [5, 5.41) is -0.120. The van der Waals surface area contributed by atoms with Gasteiger partial charge in [0.15, 0.2) is 5.78 Å². The Morgan fingerprint density at radius 2 is 1.64 bits per heavy atom. The standard InChI is InChI=1S/C20H19NO3S/c1-2-24-20(23)16-15(13-9-5-3-6-10-13)18(25-19(16)21)17(22)14-11-7-4-8-12-14/h3-12,15,18H,2,21H2,1H3/t15-,18+/m0/s1. The zero-order valence-electron chi connectivity index (χ0n) is 13.8. The highest BCUT2D eigenvalue weighted by atomic mass is 32.2. The van der Waals surface area contributed by atoms with Crippen molar-refractivity contribution >= 4 is 23.5 Å². The Bertz CT molecular complexity index is 802. The van der Waals surface area contributed by atoms with Gasteiger partial charge < -0.3 is 10.5 Å². The number of carbonyl (C=O) groups excluding carboxylic acids is 2. The number of hydrogen-bond acceptors (Lipinski definition) is 5. The molecule has 0 saturated carbocycles. The zero-order valence-corrected chi connectivity index (χ0v) is 14.7. The fraction of sp³-hybridized carbons (Fsp3) is 0.200. The number of Topliss-reactive ketones (excluding diaryl/α,β-unsaturated/α-hetero) is 1. The van der Waals surface area contributed by atoms with E-state index in [2.05, 4.69) is 0 Å². The molecular formula is C20H19NO3S. The number of carbonyl (C=O) groups is 2. The van der Waals surface area contributed by atoms with Crippen molar-refractivity contribution < 1.29 is 14.3 Å². The average molecular weight is 353 g/mol. The fourth-order valence-corrected chi connectivity index (χ4v) is 4.27. The minimum Gasteiger partial charge on any atom is -0.463 e. The van der Waals surface area contributed by atoms with E-state index in [1.165, 1.54) is 11.8 Å². The molecule has 2 aromatic carbocycles. The normalized spacial score (nSPS) is 19.7. The third-order valence-electron chi connectivity index (χ3n) is 4.10. The Labute approximate surface area is 151 Å². The lowest BCUT2D eigenvalue weighted by atomic mass is 9.85. The second-order valence-electron chi connectivity index (χ2n) is 5.66. The van der Waals surface area contributed by atoms with E-state index in [-0.39, 0.29) is 12.4 Å². The summed E-state index contributed by atoms with van der Waals surface area (Å²) in [6.45, 7) is 2.01. The molecule has 0 spiro atoms. The summed E-state index contributed by atoms with van der Waals surface area (Å²) >= 11 is 1.24. The van der Waals surface area contributed by atoms with E-state index in [9.17, 15) is 9.59 Å². The van der Waals surface area contributed by atoms with Crippen LogP contribution in [0, 0.1) is 0 Å². The molecule has 2 N–H and O–H groups in total. The Hall–Kier alpha value is -2.53. The van der Waals surface area contributed by atoms with E-state index in [1.807, 2.05) is 48.5 Å². The summed E-state index contributed by atoms with van der Waals surface area (Å²) in [6, 6.07) is 18.6. The van der Waals surface area contributed by atoms with Crippen LogP contribution in [0.15, 0.2) is 71.3 Å². The molecule has 25 heavy (non-hydrogen) atoms. The van der Waals surface area contributed by atoms with Crippen LogP contribution < -0.4 is 5.73 Å². The Kier molecular flexibility index (Phi) is 5.24. The number of esters is 1. The van der Waals surface area contributed by atoms with Crippen LogP contribution in [0.25, 0.3) is 0 Å². The van der Waals surface area contributed by atoms with Crippen LogP contribution in [0.3, 0.4) is 0 Å². The van der Waals surface area contributed by atoms with Gasteiger partial charge in [-0.1, -0.05) is 72.4 Å². The first-order valence-corrected chi connectivity index (χ1v) is 8.99. The van der Waals surface area contributed by atoms with Gasteiger partial charge in [0.25, 0.3) is 0 Å². The molecular weight excluding hydrogens is 334 g/mol. The third kappa shape index (κ3) is 3.46. The van der Waals surface area contributed by atoms with Gasteiger partial charge >= 0.3 is 5.97 Å². The van der Waals surface area contributed by atoms with Crippen LogP contribution in [0.2, 0.25) is 0 Å². The highest BCUT2D eigenvalue weighted by Gasteiger charge is 2.43. The first-order chi connectivity index (χ1) is 12.1.